The molecule has 2 rings (SSSR count). The molecule has 0 heterocycles. The highest BCUT2D eigenvalue weighted by molar-refractivity contribution is 6.35. The third-order valence-corrected chi connectivity index (χ3v) is 4.20. The van der Waals surface area contributed by atoms with Crippen molar-refractivity contribution in [2.45, 2.75) is 13.2 Å². The monoisotopic (exact) mass is 373 g/mol. The van der Waals surface area contributed by atoms with E-state index in [-0.39, 0.29) is 0 Å². The first-order chi connectivity index (χ1) is 11.1. The number of methoxy groups -OCH3 is 1. The van der Waals surface area contributed by atoms with Crippen molar-refractivity contribution in [1.82, 2.24) is 5.32 Å². The number of hydrogen-bond donors (Lipinski definition) is 1. The summed E-state index contributed by atoms with van der Waals surface area (Å²) in [6.07, 6.45) is 0. The Hall–Kier alpha value is -0.970. The van der Waals surface area contributed by atoms with E-state index in [9.17, 15) is 0 Å². The number of nitrogens with one attached hydrogen (secondary N) is 1. The minimum Gasteiger partial charge on any atom is -0.488 e. The fraction of sp³-hybridized carbons (Fsp3) is 0.294. The van der Waals surface area contributed by atoms with Gasteiger partial charge in [-0.3, -0.25) is 0 Å². The fourth-order valence-electron chi connectivity index (χ4n) is 2.04. The highest BCUT2D eigenvalue weighted by Crippen LogP contribution is 2.28. The topological polar surface area (TPSA) is 30.5 Å². The molecule has 2 aromatic rings. The summed E-state index contributed by atoms with van der Waals surface area (Å²) in [7, 11) is 1.67. The highest BCUT2D eigenvalue weighted by atomic mass is 35.5. The van der Waals surface area contributed by atoms with E-state index in [1.165, 1.54) is 0 Å². The van der Waals surface area contributed by atoms with E-state index >= 15 is 0 Å². The lowest BCUT2D eigenvalue weighted by atomic mass is 10.2. The lowest BCUT2D eigenvalue weighted by molar-refractivity contribution is 0.199. The first kappa shape index (κ1) is 18.4. The van der Waals surface area contributed by atoms with Gasteiger partial charge in [0.1, 0.15) is 12.4 Å². The molecule has 0 bridgehead atoms. The molecule has 1 N–H and O–H groups in total. The molecule has 0 amide bonds. The van der Waals surface area contributed by atoms with Crippen LogP contribution in [-0.2, 0) is 17.9 Å². The summed E-state index contributed by atoms with van der Waals surface area (Å²) < 4.78 is 10.9. The number of halogens is 3. The molecule has 3 nitrogen and oxygen atoms in total. The summed E-state index contributed by atoms with van der Waals surface area (Å²) in [5, 5.41) is 5.12. The van der Waals surface area contributed by atoms with Crippen molar-refractivity contribution < 1.29 is 9.47 Å². The number of hydrogen-bond acceptors (Lipinski definition) is 3. The average Bonchev–Trinajstić information content (AvgIpc) is 2.52. The van der Waals surface area contributed by atoms with Crippen molar-refractivity contribution in [2.24, 2.45) is 0 Å². The summed E-state index contributed by atoms with van der Waals surface area (Å²) in [4.78, 5) is 0. The Morgan fingerprint density at radius 2 is 1.78 bits per heavy atom. The lowest BCUT2D eigenvalue weighted by Gasteiger charge is -2.14. The van der Waals surface area contributed by atoms with Crippen LogP contribution in [0.4, 0.5) is 0 Å². The molecule has 0 atom stereocenters. The smallest absolute Gasteiger partial charge is 0.124 e. The van der Waals surface area contributed by atoms with E-state index in [0.717, 1.165) is 23.4 Å². The van der Waals surface area contributed by atoms with Gasteiger partial charge in [0.25, 0.3) is 0 Å². The van der Waals surface area contributed by atoms with Crippen LogP contribution in [0.3, 0.4) is 0 Å². The van der Waals surface area contributed by atoms with Crippen LogP contribution in [0.1, 0.15) is 11.1 Å². The summed E-state index contributed by atoms with van der Waals surface area (Å²) in [5.41, 5.74) is 1.74. The quantitative estimate of drug-likeness (QED) is 0.662. The molecule has 0 spiro atoms. The third kappa shape index (κ3) is 5.55. The van der Waals surface area contributed by atoms with Crippen LogP contribution < -0.4 is 10.1 Å². The van der Waals surface area contributed by atoms with Crippen LogP contribution in [0.25, 0.3) is 0 Å². The number of ether oxygens (including phenoxy) is 2. The maximum Gasteiger partial charge on any atom is 0.124 e. The minimum atomic E-state index is 0.297. The van der Waals surface area contributed by atoms with E-state index in [4.69, 9.17) is 44.3 Å². The molecule has 0 unspecified atom stereocenters. The molecule has 0 aliphatic rings. The van der Waals surface area contributed by atoms with E-state index in [0.29, 0.717) is 34.8 Å². The van der Waals surface area contributed by atoms with Crippen LogP contribution in [0.15, 0.2) is 36.4 Å². The van der Waals surface area contributed by atoms with Gasteiger partial charge in [0.05, 0.1) is 6.61 Å². The van der Waals surface area contributed by atoms with Crippen molar-refractivity contribution >= 4 is 34.8 Å². The van der Waals surface area contributed by atoms with Crippen LogP contribution in [0, 0.1) is 0 Å². The Morgan fingerprint density at radius 3 is 2.48 bits per heavy atom. The summed E-state index contributed by atoms with van der Waals surface area (Å²) in [6, 6.07) is 10.9. The number of rotatable bonds is 8. The average molecular weight is 375 g/mol. The summed E-state index contributed by atoms with van der Waals surface area (Å²) in [6.45, 7) is 2.32. The lowest BCUT2D eigenvalue weighted by Crippen LogP contribution is -2.19. The Bertz CT molecular complexity index is 629. The molecule has 2 aromatic carbocycles. The van der Waals surface area contributed by atoms with Gasteiger partial charge in [-0.1, -0.05) is 40.9 Å². The second-order valence-electron chi connectivity index (χ2n) is 4.91. The predicted octanol–water partition coefficient (Wildman–Crippen LogP) is 4.96. The Morgan fingerprint density at radius 1 is 1.04 bits per heavy atom. The first-order valence-electron chi connectivity index (χ1n) is 7.15. The van der Waals surface area contributed by atoms with E-state index in [1.54, 1.807) is 25.3 Å². The van der Waals surface area contributed by atoms with Gasteiger partial charge < -0.3 is 14.8 Å². The number of benzene rings is 2. The molecule has 0 aromatic heterocycles. The molecule has 0 fully saturated rings. The second-order valence-corrected chi connectivity index (χ2v) is 6.16. The van der Waals surface area contributed by atoms with Crippen molar-refractivity contribution in [3.8, 4) is 5.75 Å². The van der Waals surface area contributed by atoms with Crippen LogP contribution in [0.5, 0.6) is 5.75 Å². The van der Waals surface area contributed by atoms with E-state index in [1.807, 2.05) is 18.2 Å². The summed E-state index contributed by atoms with van der Waals surface area (Å²) in [5.74, 6) is 0.746. The molecule has 0 aliphatic heterocycles. The second kappa shape index (κ2) is 9.36. The van der Waals surface area contributed by atoms with Gasteiger partial charge in [-0.15, -0.1) is 0 Å². The maximum atomic E-state index is 6.17. The SMILES string of the molecule is COCCNCc1cc(Cl)ccc1OCc1c(Cl)cccc1Cl. The largest absolute Gasteiger partial charge is 0.488 e. The Balaban J connectivity index is 2.07. The van der Waals surface area contributed by atoms with Crippen molar-refractivity contribution in [3.63, 3.8) is 0 Å². The van der Waals surface area contributed by atoms with Gasteiger partial charge in [0.15, 0.2) is 0 Å². The standard InChI is InChI=1S/C17H18Cl3NO2/c1-22-8-7-21-10-12-9-13(18)5-6-17(12)23-11-14-15(19)3-2-4-16(14)20/h2-6,9,21H,7-8,10-11H2,1H3. The fourth-order valence-corrected chi connectivity index (χ4v) is 2.75. The van der Waals surface area contributed by atoms with Crippen molar-refractivity contribution in [1.29, 1.82) is 0 Å². The molecular weight excluding hydrogens is 357 g/mol. The molecule has 124 valence electrons. The summed E-state index contributed by atoms with van der Waals surface area (Å²) >= 11 is 18.4. The van der Waals surface area contributed by atoms with Crippen LogP contribution in [0.2, 0.25) is 15.1 Å². The molecule has 0 saturated heterocycles. The van der Waals surface area contributed by atoms with Gasteiger partial charge >= 0.3 is 0 Å². The highest BCUT2D eigenvalue weighted by Gasteiger charge is 2.09. The molecule has 6 heteroatoms. The van der Waals surface area contributed by atoms with Crippen molar-refractivity contribution in [3.05, 3.63) is 62.6 Å². The van der Waals surface area contributed by atoms with Gasteiger partial charge in [-0.2, -0.15) is 0 Å². The van der Waals surface area contributed by atoms with Gasteiger partial charge in [-0.05, 0) is 30.3 Å². The van der Waals surface area contributed by atoms with Gasteiger partial charge in [0.2, 0.25) is 0 Å². The molecule has 0 radical (unpaired) electrons. The molecule has 23 heavy (non-hydrogen) atoms. The van der Waals surface area contributed by atoms with Gasteiger partial charge in [0, 0.05) is 46.4 Å². The van der Waals surface area contributed by atoms with Gasteiger partial charge in [-0.25, -0.2) is 0 Å². The Kier molecular flexibility index (Phi) is 7.47. The Labute approximate surface area is 151 Å². The molecule has 0 aliphatic carbocycles. The third-order valence-electron chi connectivity index (χ3n) is 3.25. The molecule has 0 saturated carbocycles. The predicted molar refractivity (Wildman–Crippen MR) is 95.8 cm³/mol. The maximum absolute atomic E-state index is 6.17. The first-order valence-corrected chi connectivity index (χ1v) is 8.29. The zero-order valence-electron chi connectivity index (χ0n) is 12.7. The van der Waals surface area contributed by atoms with E-state index < -0.39 is 0 Å². The van der Waals surface area contributed by atoms with E-state index in [2.05, 4.69) is 5.32 Å². The van der Waals surface area contributed by atoms with Crippen LogP contribution >= 0.6 is 34.8 Å². The zero-order valence-corrected chi connectivity index (χ0v) is 15.0. The van der Waals surface area contributed by atoms with Crippen molar-refractivity contribution in [2.75, 3.05) is 20.3 Å². The van der Waals surface area contributed by atoms with Crippen LogP contribution in [-0.4, -0.2) is 20.3 Å². The normalized spacial score (nSPS) is 10.8. The molecular formula is C17H18Cl3NO2. The zero-order chi connectivity index (χ0) is 16.7. The minimum absolute atomic E-state index is 0.297.